The number of para-hydroxylation sites is 3. The van der Waals surface area contributed by atoms with Crippen LogP contribution in [-0.2, 0) is 0 Å². The lowest BCUT2D eigenvalue weighted by Crippen LogP contribution is -2.25. The summed E-state index contributed by atoms with van der Waals surface area (Å²) in [4.78, 5) is 10.8. The Morgan fingerprint density at radius 2 is 1.69 bits per heavy atom. The molecule has 1 atom stereocenters. The summed E-state index contributed by atoms with van der Waals surface area (Å²) in [6, 6.07) is 29.8. The smallest absolute Gasteiger partial charge is 0.0709 e. The second-order valence-corrected chi connectivity index (χ2v) is 8.20. The molecule has 0 aliphatic carbocycles. The van der Waals surface area contributed by atoms with Crippen molar-refractivity contribution >= 4 is 33.1 Å². The summed E-state index contributed by atoms with van der Waals surface area (Å²) < 4.78 is 0. The number of benzene rings is 3. The van der Waals surface area contributed by atoms with E-state index in [2.05, 4.69) is 108 Å². The molecule has 3 heteroatoms. The monoisotopic (exact) mass is 413 g/mol. The molecule has 0 bridgehead atoms. The Kier molecular flexibility index (Phi) is 4.39. The Bertz CT molecular complexity index is 1490. The molecule has 1 aliphatic rings. The summed E-state index contributed by atoms with van der Waals surface area (Å²) in [5, 5.41) is 2.40. The average Bonchev–Trinajstić information content (AvgIpc) is 3.27. The standard InChI is InChI=1S/C29H23N3/c1-2-17-32-19-24(27-16-15-20-9-3-6-12-25(20)31-27)29(22-11-5-8-14-28(22)32)23-18-30-26-13-7-4-10-21(23)26/h2-16,18-19,29-30H,1,17H2/t29-/m1/s1. The van der Waals surface area contributed by atoms with Crippen LogP contribution in [-0.4, -0.2) is 16.5 Å². The molecule has 0 saturated heterocycles. The molecule has 3 heterocycles. The summed E-state index contributed by atoms with van der Waals surface area (Å²) in [7, 11) is 0. The zero-order valence-corrected chi connectivity index (χ0v) is 17.7. The molecule has 1 aliphatic heterocycles. The van der Waals surface area contributed by atoms with Gasteiger partial charge in [-0.3, -0.25) is 0 Å². The molecular weight excluding hydrogens is 390 g/mol. The largest absolute Gasteiger partial charge is 0.361 e. The van der Waals surface area contributed by atoms with E-state index in [9.17, 15) is 0 Å². The van der Waals surface area contributed by atoms with E-state index >= 15 is 0 Å². The number of nitrogens with zero attached hydrogens (tertiary/aromatic N) is 2. The normalized spacial score (nSPS) is 15.6. The van der Waals surface area contributed by atoms with Gasteiger partial charge in [0.2, 0.25) is 0 Å². The highest BCUT2D eigenvalue weighted by Gasteiger charge is 2.31. The van der Waals surface area contributed by atoms with Gasteiger partial charge in [-0.25, -0.2) is 4.98 Å². The van der Waals surface area contributed by atoms with E-state index in [1.54, 1.807) is 0 Å². The van der Waals surface area contributed by atoms with E-state index in [1.165, 1.54) is 27.8 Å². The molecular formula is C29H23N3. The number of hydrogen-bond acceptors (Lipinski definition) is 2. The van der Waals surface area contributed by atoms with Gasteiger partial charge in [0.05, 0.1) is 11.2 Å². The van der Waals surface area contributed by atoms with Crippen molar-refractivity contribution in [2.75, 3.05) is 11.4 Å². The van der Waals surface area contributed by atoms with E-state index in [0.29, 0.717) is 0 Å². The molecule has 2 aromatic heterocycles. The predicted molar refractivity (Wildman–Crippen MR) is 134 cm³/mol. The summed E-state index contributed by atoms with van der Waals surface area (Å²) in [5.74, 6) is 0.0806. The van der Waals surface area contributed by atoms with Gasteiger partial charge in [-0.15, -0.1) is 6.58 Å². The van der Waals surface area contributed by atoms with Gasteiger partial charge in [0.25, 0.3) is 0 Å². The van der Waals surface area contributed by atoms with Crippen molar-refractivity contribution in [2.24, 2.45) is 0 Å². The molecule has 32 heavy (non-hydrogen) atoms. The lowest BCUT2D eigenvalue weighted by Gasteiger charge is -2.34. The van der Waals surface area contributed by atoms with Gasteiger partial charge >= 0.3 is 0 Å². The van der Waals surface area contributed by atoms with Crippen LogP contribution in [0, 0.1) is 0 Å². The minimum absolute atomic E-state index is 0.0806. The van der Waals surface area contributed by atoms with Crippen LogP contribution in [0.1, 0.15) is 22.7 Å². The van der Waals surface area contributed by atoms with E-state index < -0.39 is 0 Å². The second kappa shape index (κ2) is 7.54. The molecule has 5 aromatic rings. The quantitative estimate of drug-likeness (QED) is 0.325. The fraction of sp³-hybridized carbons (Fsp3) is 0.0690. The van der Waals surface area contributed by atoms with Gasteiger partial charge in [0.1, 0.15) is 0 Å². The van der Waals surface area contributed by atoms with Crippen LogP contribution >= 0.6 is 0 Å². The van der Waals surface area contributed by atoms with E-state index in [4.69, 9.17) is 4.98 Å². The number of H-pyrrole nitrogens is 1. The van der Waals surface area contributed by atoms with Crippen molar-refractivity contribution in [3.05, 3.63) is 127 Å². The second-order valence-electron chi connectivity index (χ2n) is 8.20. The van der Waals surface area contributed by atoms with Crippen molar-refractivity contribution in [3.8, 4) is 0 Å². The van der Waals surface area contributed by atoms with Crippen molar-refractivity contribution < 1.29 is 0 Å². The van der Waals surface area contributed by atoms with E-state index in [-0.39, 0.29) is 5.92 Å². The number of aromatic nitrogens is 2. The molecule has 1 N–H and O–H groups in total. The summed E-state index contributed by atoms with van der Waals surface area (Å²) in [6.07, 6.45) is 6.36. The van der Waals surface area contributed by atoms with Crippen molar-refractivity contribution in [1.29, 1.82) is 0 Å². The molecule has 6 rings (SSSR count). The van der Waals surface area contributed by atoms with Crippen LogP contribution in [0.15, 0.2) is 110 Å². The highest BCUT2D eigenvalue weighted by molar-refractivity contribution is 5.92. The number of pyridine rings is 1. The van der Waals surface area contributed by atoms with E-state index in [0.717, 1.165) is 28.7 Å². The Morgan fingerprint density at radius 3 is 2.62 bits per heavy atom. The fourth-order valence-electron chi connectivity index (χ4n) is 4.87. The Morgan fingerprint density at radius 1 is 0.875 bits per heavy atom. The third-order valence-corrected chi connectivity index (χ3v) is 6.32. The van der Waals surface area contributed by atoms with Crippen molar-refractivity contribution in [3.63, 3.8) is 0 Å². The number of anilines is 1. The average molecular weight is 414 g/mol. The maximum Gasteiger partial charge on any atom is 0.0709 e. The lowest BCUT2D eigenvalue weighted by atomic mass is 9.80. The molecule has 3 aromatic carbocycles. The molecule has 3 nitrogen and oxygen atoms in total. The zero-order chi connectivity index (χ0) is 21.5. The van der Waals surface area contributed by atoms with Gasteiger partial charge < -0.3 is 9.88 Å². The minimum Gasteiger partial charge on any atom is -0.361 e. The van der Waals surface area contributed by atoms with Gasteiger partial charge in [0.15, 0.2) is 0 Å². The van der Waals surface area contributed by atoms with Crippen LogP contribution in [0.3, 0.4) is 0 Å². The molecule has 154 valence electrons. The topological polar surface area (TPSA) is 31.9 Å². The van der Waals surface area contributed by atoms with Crippen LogP contribution in [0.25, 0.3) is 27.4 Å². The van der Waals surface area contributed by atoms with Crippen LogP contribution in [0.2, 0.25) is 0 Å². The first-order valence-electron chi connectivity index (χ1n) is 10.9. The number of allylic oxidation sites excluding steroid dienone is 1. The van der Waals surface area contributed by atoms with Gasteiger partial charge in [-0.1, -0.05) is 66.7 Å². The highest BCUT2D eigenvalue weighted by Crippen LogP contribution is 2.47. The SMILES string of the molecule is C=CCN1C=C(c2ccc3ccccc3n2)[C@@H](c2c[nH]c3ccccc23)c2ccccc21. The Hall–Kier alpha value is -4.11. The molecule has 0 saturated carbocycles. The molecule has 0 unspecified atom stereocenters. The zero-order valence-electron chi connectivity index (χ0n) is 17.7. The Labute approximate surface area is 187 Å². The maximum absolute atomic E-state index is 5.08. The first kappa shape index (κ1) is 18.6. The number of rotatable bonds is 4. The van der Waals surface area contributed by atoms with Gasteiger partial charge in [-0.2, -0.15) is 0 Å². The molecule has 0 fully saturated rings. The molecule has 0 radical (unpaired) electrons. The van der Waals surface area contributed by atoms with Crippen molar-refractivity contribution in [2.45, 2.75) is 5.92 Å². The number of nitrogens with one attached hydrogen (secondary N) is 1. The summed E-state index contributed by atoms with van der Waals surface area (Å²) in [5.41, 5.74) is 8.13. The van der Waals surface area contributed by atoms with Crippen LogP contribution < -0.4 is 4.90 Å². The lowest BCUT2D eigenvalue weighted by molar-refractivity contribution is 0.957. The highest BCUT2D eigenvalue weighted by atomic mass is 15.1. The maximum atomic E-state index is 5.08. The summed E-state index contributed by atoms with van der Waals surface area (Å²) >= 11 is 0. The van der Waals surface area contributed by atoms with Gasteiger partial charge in [-0.05, 0) is 35.4 Å². The summed E-state index contributed by atoms with van der Waals surface area (Å²) in [6.45, 7) is 4.73. The van der Waals surface area contributed by atoms with Crippen LogP contribution in [0.5, 0.6) is 0 Å². The molecule has 0 spiro atoms. The number of fused-ring (bicyclic) bond motifs is 3. The number of aromatic amines is 1. The van der Waals surface area contributed by atoms with Gasteiger partial charge in [0, 0.05) is 52.4 Å². The Balaban J connectivity index is 1.62. The molecule has 0 amide bonds. The van der Waals surface area contributed by atoms with E-state index in [1.807, 2.05) is 12.1 Å². The first-order chi connectivity index (χ1) is 15.8. The predicted octanol–water partition coefficient (Wildman–Crippen LogP) is 6.90. The number of hydrogen-bond donors (Lipinski definition) is 1. The third-order valence-electron chi connectivity index (χ3n) is 6.32. The fourth-order valence-corrected chi connectivity index (χ4v) is 4.87. The van der Waals surface area contributed by atoms with Crippen molar-refractivity contribution in [1.82, 2.24) is 9.97 Å². The first-order valence-corrected chi connectivity index (χ1v) is 10.9. The third kappa shape index (κ3) is 2.94. The minimum atomic E-state index is 0.0806. The van der Waals surface area contributed by atoms with Crippen LogP contribution in [0.4, 0.5) is 5.69 Å².